The molecule has 0 atom stereocenters. The highest BCUT2D eigenvalue weighted by molar-refractivity contribution is 7.99. The van der Waals surface area contributed by atoms with E-state index in [1.54, 1.807) is 30.4 Å². The van der Waals surface area contributed by atoms with Gasteiger partial charge in [0, 0.05) is 35.3 Å². The van der Waals surface area contributed by atoms with E-state index in [1.807, 2.05) is 53.4 Å². The Kier molecular flexibility index (Phi) is 7.36. The van der Waals surface area contributed by atoms with E-state index in [0.29, 0.717) is 19.5 Å². The van der Waals surface area contributed by atoms with Crippen LogP contribution in [-0.4, -0.2) is 21.5 Å². The molecular formula is C21H21ClN2O2S. The number of hydrogen-bond acceptors (Lipinski definition) is 4. The number of furan rings is 1. The van der Waals surface area contributed by atoms with Crippen molar-refractivity contribution in [3.8, 4) is 0 Å². The lowest BCUT2D eigenvalue weighted by Gasteiger charge is -2.21. The maximum Gasteiger partial charge on any atom is 0.223 e. The van der Waals surface area contributed by atoms with Crippen LogP contribution in [0.2, 0.25) is 5.02 Å². The Hall–Kier alpha value is -2.24. The largest absolute Gasteiger partial charge is 0.467 e. The van der Waals surface area contributed by atoms with E-state index in [0.717, 1.165) is 33.4 Å². The van der Waals surface area contributed by atoms with Crippen LogP contribution in [0.3, 0.4) is 0 Å². The summed E-state index contributed by atoms with van der Waals surface area (Å²) in [6.45, 7) is 0.989. The van der Waals surface area contributed by atoms with Gasteiger partial charge in [0.25, 0.3) is 0 Å². The smallest absolute Gasteiger partial charge is 0.223 e. The molecule has 2 heterocycles. The summed E-state index contributed by atoms with van der Waals surface area (Å²) in [5.74, 6) is 1.78. The lowest BCUT2D eigenvalue weighted by molar-refractivity contribution is -0.132. The van der Waals surface area contributed by atoms with Gasteiger partial charge in [-0.25, -0.2) is 0 Å². The Morgan fingerprint density at radius 1 is 1.11 bits per heavy atom. The molecule has 1 aromatic carbocycles. The summed E-state index contributed by atoms with van der Waals surface area (Å²) in [6, 6.07) is 15.4. The van der Waals surface area contributed by atoms with Gasteiger partial charge in [-0.2, -0.15) is 0 Å². The van der Waals surface area contributed by atoms with E-state index < -0.39 is 0 Å². The predicted molar refractivity (Wildman–Crippen MR) is 109 cm³/mol. The first-order valence-electron chi connectivity index (χ1n) is 8.78. The van der Waals surface area contributed by atoms with Crippen molar-refractivity contribution in [2.24, 2.45) is 0 Å². The molecule has 1 amide bonds. The lowest BCUT2D eigenvalue weighted by Crippen LogP contribution is -2.29. The number of carbonyl (C=O) groups excluding carboxylic acids is 1. The topological polar surface area (TPSA) is 46.3 Å². The quantitative estimate of drug-likeness (QED) is 0.355. The Balaban J connectivity index is 1.52. The van der Waals surface area contributed by atoms with Crippen LogP contribution >= 0.6 is 23.4 Å². The van der Waals surface area contributed by atoms with Crippen LogP contribution < -0.4 is 0 Å². The first-order chi connectivity index (χ1) is 13.2. The number of carbonyl (C=O) groups is 1. The number of pyridine rings is 1. The van der Waals surface area contributed by atoms with E-state index in [1.165, 1.54) is 0 Å². The fourth-order valence-electron chi connectivity index (χ4n) is 2.64. The van der Waals surface area contributed by atoms with Gasteiger partial charge in [0.15, 0.2) is 0 Å². The van der Waals surface area contributed by atoms with Gasteiger partial charge in [0.1, 0.15) is 5.76 Å². The van der Waals surface area contributed by atoms with Crippen molar-refractivity contribution in [1.82, 2.24) is 9.88 Å². The molecule has 6 heteroatoms. The molecule has 0 saturated carbocycles. The monoisotopic (exact) mass is 400 g/mol. The standard InChI is InChI=1S/C21H21ClN2O2S/c22-18-7-9-20(10-8-18)27-13-3-6-21(25)24(16-19-5-2-12-26-19)15-17-4-1-11-23-14-17/h1-2,4-5,7-12,14H,3,6,13,15-16H2. The summed E-state index contributed by atoms with van der Waals surface area (Å²) < 4.78 is 5.42. The van der Waals surface area contributed by atoms with E-state index in [-0.39, 0.29) is 5.91 Å². The van der Waals surface area contributed by atoms with Crippen molar-refractivity contribution in [2.45, 2.75) is 30.8 Å². The number of benzene rings is 1. The third-order valence-corrected chi connectivity index (χ3v) is 5.34. The number of rotatable bonds is 9. The molecule has 0 fully saturated rings. The van der Waals surface area contributed by atoms with Gasteiger partial charge in [-0.05, 0) is 60.2 Å². The van der Waals surface area contributed by atoms with Crippen LogP contribution in [0.25, 0.3) is 0 Å². The van der Waals surface area contributed by atoms with Crippen LogP contribution in [0.4, 0.5) is 0 Å². The Morgan fingerprint density at radius 2 is 1.96 bits per heavy atom. The minimum atomic E-state index is 0.118. The molecule has 0 bridgehead atoms. The number of aromatic nitrogens is 1. The van der Waals surface area contributed by atoms with Gasteiger partial charge >= 0.3 is 0 Å². The van der Waals surface area contributed by atoms with E-state index in [2.05, 4.69) is 4.98 Å². The third kappa shape index (κ3) is 6.45. The van der Waals surface area contributed by atoms with Gasteiger partial charge < -0.3 is 9.32 Å². The fourth-order valence-corrected chi connectivity index (χ4v) is 3.62. The SMILES string of the molecule is O=C(CCCSc1ccc(Cl)cc1)N(Cc1cccnc1)Cc1ccco1. The van der Waals surface area contributed by atoms with Gasteiger partial charge in [-0.3, -0.25) is 9.78 Å². The minimum absolute atomic E-state index is 0.118. The van der Waals surface area contributed by atoms with Crippen molar-refractivity contribution in [3.63, 3.8) is 0 Å². The van der Waals surface area contributed by atoms with Crippen LogP contribution in [0.15, 0.2) is 76.5 Å². The molecule has 0 aliphatic carbocycles. The summed E-state index contributed by atoms with van der Waals surface area (Å²) in [6.07, 6.45) is 6.47. The molecule has 0 N–H and O–H groups in total. The van der Waals surface area contributed by atoms with Crippen LogP contribution in [0.1, 0.15) is 24.2 Å². The van der Waals surface area contributed by atoms with Gasteiger partial charge in [0.05, 0.1) is 12.8 Å². The second kappa shape index (κ2) is 10.2. The molecule has 0 aliphatic heterocycles. The average Bonchev–Trinajstić information content (AvgIpc) is 3.20. The lowest BCUT2D eigenvalue weighted by atomic mass is 10.2. The maximum atomic E-state index is 12.8. The van der Waals surface area contributed by atoms with Crippen molar-refractivity contribution in [2.75, 3.05) is 5.75 Å². The fraction of sp³-hybridized carbons (Fsp3) is 0.238. The Morgan fingerprint density at radius 3 is 2.67 bits per heavy atom. The molecular weight excluding hydrogens is 380 g/mol. The van der Waals surface area contributed by atoms with E-state index in [4.69, 9.17) is 16.0 Å². The van der Waals surface area contributed by atoms with Gasteiger partial charge in [-0.15, -0.1) is 11.8 Å². The molecule has 3 rings (SSSR count). The summed E-state index contributed by atoms with van der Waals surface area (Å²) in [5, 5.41) is 0.735. The van der Waals surface area contributed by atoms with Crippen molar-refractivity contribution >= 4 is 29.3 Å². The molecule has 0 aliphatic rings. The molecule has 27 heavy (non-hydrogen) atoms. The van der Waals surface area contributed by atoms with Gasteiger partial charge in [0.2, 0.25) is 5.91 Å². The number of hydrogen-bond donors (Lipinski definition) is 0. The van der Waals surface area contributed by atoms with Crippen molar-refractivity contribution in [3.05, 3.63) is 83.5 Å². The molecule has 4 nitrogen and oxygen atoms in total. The maximum absolute atomic E-state index is 12.8. The third-order valence-electron chi connectivity index (χ3n) is 3.99. The molecule has 140 valence electrons. The summed E-state index contributed by atoms with van der Waals surface area (Å²) in [5.41, 5.74) is 1.01. The van der Waals surface area contributed by atoms with E-state index in [9.17, 15) is 4.79 Å². The molecule has 3 aromatic rings. The van der Waals surface area contributed by atoms with Crippen LogP contribution in [0, 0.1) is 0 Å². The number of halogens is 1. The highest BCUT2D eigenvalue weighted by Crippen LogP contribution is 2.22. The highest BCUT2D eigenvalue weighted by atomic mass is 35.5. The first kappa shape index (κ1) is 19.5. The summed E-state index contributed by atoms with van der Waals surface area (Å²) in [4.78, 5) is 19.9. The average molecular weight is 401 g/mol. The molecule has 0 unspecified atom stereocenters. The second-order valence-electron chi connectivity index (χ2n) is 6.10. The summed E-state index contributed by atoms with van der Waals surface area (Å²) >= 11 is 7.64. The number of nitrogens with zero attached hydrogens (tertiary/aromatic N) is 2. The summed E-state index contributed by atoms with van der Waals surface area (Å²) in [7, 11) is 0. The van der Waals surface area contributed by atoms with Crippen molar-refractivity contribution < 1.29 is 9.21 Å². The molecule has 0 saturated heterocycles. The zero-order chi connectivity index (χ0) is 18.9. The van der Waals surface area contributed by atoms with Crippen LogP contribution in [0.5, 0.6) is 0 Å². The zero-order valence-electron chi connectivity index (χ0n) is 14.9. The zero-order valence-corrected chi connectivity index (χ0v) is 16.5. The highest BCUT2D eigenvalue weighted by Gasteiger charge is 2.16. The minimum Gasteiger partial charge on any atom is -0.467 e. The normalized spacial score (nSPS) is 10.7. The second-order valence-corrected chi connectivity index (χ2v) is 7.70. The van der Waals surface area contributed by atoms with Crippen molar-refractivity contribution in [1.29, 1.82) is 0 Å². The predicted octanol–water partition coefficient (Wildman–Crippen LogP) is 5.43. The Labute approximate surface area is 168 Å². The molecule has 2 aromatic heterocycles. The number of thioether (sulfide) groups is 1. The van der Waals surface area contributed by atoms with Gasteiger partial charge in [-0.1, -0.05) is 17.7 Å². The van der Waals surface area contributed by atoms with E-state index >= 15 is 0 Å². The number of amides is 1. The van der Waals surface area contributed by atoms with Crippen LogP contribution in [-0.2, 0) is 17.9 Å². The molecule has 0 radical (unpaired) electrons. The molecule has 0 spiro atoms. The first-order valence-corrected chi connectivity index (χ1v) is 10.1. The Bertz CT molecular complexity index is 823.